The van der Waals surface area contributed by atoms with Gasteiger partial charge < -0.3 is 4.74 Å². The molecule has 0 N–H and O–H groups in total. The van der Waals surface area contributed by atoms with Crippen LogP contribution in [0.25, 0.3) is 0 Å². The predicted octanol–water partition coefficient (Wildman–Crippen LogP) is 6.76. The number of benzene rings is 3. The average molecular weight is 461 g/mol. The number of rotatable bonds is 8. The van der Waals surface area contributed by atoms with Gasteiger partial charge >= 0.3 is 25.5 Å². The van der Waals surface area contributed by atoms with E-state index in [1.165, 1.54) is 43.2 Å². The number of hydrogen-bond acceptors (Lipinski definition) is 3. The number of hydrogen-bond donors (Lipinski definition) is 0. The Labute approximate surface area is 194 Å². The zero-order valence-electron chi connectivity index (χ0n) is 18.2. The molecular weight excluding hydrogens is 431 g/mol. The molecule has 0 aromatic heterocycles. The standard InChI is InChI=1S/C17H17O2.C10H13.Co.O/c1-2-3-7-14-10-12-16(13-11-14)19-17(18)15-8-5-4-6-9-15;1-2-3-7-10-8-5-4-6-9-10;;/h5-6,8-13H,2-3,7H2,1H3;5-6,8-9H,2-3,7H2,1H3;;/q2*-1;;. The fraction of sp³-hybridized carbons (Fsp3) is 0.296. The number of carbonyl (C=O) groups excluding carboxylic acids is 1. The molecule has 0 radical (unpaired) electrons. The number of unbranched alkanes of at least 4 members (excludes halogenated alkanes) is 2. The third kappa shape index (κ3) is 11.4. The first-order valence-corrected chi connectivity index (χ1v) is 11.0. The van der Waals surface area contributed by atoms with Crippen molar-refractivity contribution in [2.75, 3.05) is 0 Å². The summed E-state index contributed by atoms with van der Waals surface area (Å²) >= 11 is 2.31. The molecule has 0 aliphatic carbocycles. The summed E-state index contributed by atoms with van der Waals surface area (Å²) in [7, 11) is 0. The SMILES string of the molecule is CCCCc1cc[c-]cc1.CCCCc1ccc(OC(=O)c2cc[c-]cc2)cc1.[O]=[Co]. The third-order valence-electron chi connectivity index (χ3n) is 4.51. The van der Waals surface area contributed by atoms with Crippen LogP contribution in [0.1, 0.15) is 61.0 Å². The van der Waals surface area contributed by atoms with Crippen LogP contribution in [0.2, 0.25) is 0 Å². The van der Waals surface area contributed by atoms with E-state index in [9.17, 15) is 4.79 Å². The van der Waals surface area contributed by atoms with Gasteiger partial charge in [-0.25, -0.2) is 4.79 Å². The van der Waals surface area contributed by atoms with Gasteiger partial charge in [-0.2, -0.15) is 66.2 Å². The Hall–Kier alpha value is -2.56. The molecule has 167 valence electrons. The summed E-state index contributed by atoms with van der Waals surface area (Å²) in [6.45, 7) is 4.39. The Morgan fingerprint density at radius 2 is 1.19 bits per heavy atom. The fourth-order valence-electron chi connectivity index (χ4n) is 2.76. The first-order valence-electron chi connectivity index (χ1n) is 10.6. The number of ether oxygens (including phenoxy) is 1. The van der Waals surface area contributed by atoms with Crippen molar-refractivity contribution < 1.29 is 29.1 Å². The van der Waals surface area contributed by atoms with Gasteiger partial charge in [0.25, 0.3) is 0 Å². The van der Waals surface area contributed by atoms with E-state index in [1.54, 1.807) is 24.3 Å². The second-order valence-corrected chi connectivity index (χ2v) is 6.94. The van der Waals surface area contributed by atoms with Crippen molar-refractivity contribution in [1.29, 1.82) is 0 Å². The molecule has 4 heteroatoms. The summed E-state index contributed by atoms with van der Waals surface area (Å²) in [6, 6.07) is 28.6. The van der Waals surface area contributed by atoms with Gasteiger partial charge in [0.05, 0.1) is 0 Å². The van der Waals surface area contributed by atoms with Crippen LogP contribution in [-0.4, -0.2) is 5.97 Å². The summed E-state index contributed by atoms with van der Waals surface area (Å²) in [5, 5.41) is 0. The molecule has 0 saturated carbocycles. The number of esters is 1. The summed E-state index contributed by atoms with van der Waals surface area (Å²) in [6.07, 6.45) is 7.22. The summed E-state index contributed by atoms with van der Waals surface area (Å²) < 4.78 is 13.2. The van der Waals surface area contributed by atoms with Gasteiger partial charge in [0.1, 0.15) is 5.75 Å². The Bertz CT molecular complexity index is 833. The van der Waals surface area contributed by atoms with Gasteiger partial charge in [-0.1, -0.05) is 51.7 Å². The van der Waals surface area contributed by atoms with Crippen LogP contribution < -0.4 is 4.74 Å². The third-order valence-corrected chi connectivity index (χ3v) is 4.51. The second kappa shape index (κ2) is 17.2. The van der Waals surface area contributed by atoms with E-state index in [2.05, 4.69) is 53.8 Å². The monoisotopic (exact) mass is 461 g/mol. The normalized spacial score (nSPS) is 9.52. The molecule has 0 aliphatic heterocycles. The quantitative estimate of drug-likeness (QED) is 0.212. The van der Waals surface area contributed by atoms with Gasteiger partial charge in [0.15, 0.2) is 0 Å². The van der Waals surface area contributed by atoms with Crippen LogP contribution in [0.15, 0.2) is 72.8 Å². The minimum atomic E-state index is -0.338. The van der Waals surface area contributed by atoms with E-state index in [0.717, 1.165) is 6.42 Å². The van der Waals surface area contributed by atoms with Crippen LogP contribution in [-0.2, 0) is 32.4 Å². The minimum absolute atomic E-state index is 0.338. The number of carbonyl (C=O) groups is 1. The molecule has 0 bridgehead atoms. The van der Waals surface area contributed by atoms with E-state index < -0.39 is 0 Å². The second-order valence-electron chi connectivity index (χ2n) is 6.94. The van der Waals surface area contributed by atoms with Crippen molar-refractivity contribution >= 4 is 5.97 Å². The summed E-state index contributed by atoms with van der Waals surface area (Å²) in [5.41, 5.74) is 3.24. The Balaban J connectivity index is 0.000000337. The van der Waals surface area contributed by atoms with E-state index in [1.807, 2.05) is 36.4 Å². The van der Waals surface area contributed by atoms with Gasteiger partial charge in [-0.15, -0.1) is 0 Å². The molecule has 31 heavy (non-hydrogen) atoms. The maximum atomic E-state index is 11.8. The first kappa shape index (κ1) is 26.5. The molecule has 3 aromatic carbocycles. The molecule has 3 rings (SSSR count). The molecule has 0 saturated heterocycles. The Morgan fingerprint density at radius 3 is 1.68 bits per heavy atom. The van der Waals surface area contributed by atoms with Crippen molar-refractivity contribution in [3.05, 3.63) is 102 Å². The van der Waals surface area contributed by atoms with Gasteiger partial charge in [-0.05, 0) is 36.1 Å². The molecule has 0 aliphatic rings. The Kier molecular flexibility index (Phi) is 14.6. The van der Waals surface area contributed by atoms with E-state index >= 15 is 0 Å². The van der Waals surface area contributed by atoms with Crippen molar-refractivity contribution in [2.45, 2.75) is 52.4 Å². The molecule has 0 unspecified atom stereocenters. The van der Waals surface area contributed by atoms with Crippen molar-refractivity contribution in [3.63, 3.8) is 0 Å². The van der Waals surface area contributed by atoms with Crippen LogP contribution >= 0.6 is 0 Å². The molecule has 0 fully saturated rings. The van der Waals surface area contributed by atoms with Crippen LogP contribution in [0.4, 0.5) is 0 Å². The van der Waals surface area contributed by atoms with Crippen molar-refractivity contribution in [2.24, 2.45) is 0 Å². The van der Waals surface area contributed by atoms with Crippen LogP contribution in [0.3, 0.4) is 0 Å². The summed E-state index contributed by atoms with van der Waals surface area (Å²) in [5.74, 6) is 0.244. The zero-order chi connectivity index (χ0) is 22.7. The molecule has 0 amide bonds. The molecule has 0 heterocycles. The van der Waals surface area contributed by atoms with Crippen molar-refractivity contribution in [3.8, 4) is 5.75 Å². The van der Waals surface area contributed by atoms with Crippen molar-refractivity contribution in [1.82, 2.24) is 0 Å². The zero-order valence-corrected chi connectivity index (χ0v) is 19.3. The predicted molar refractivity (Wildman–Crippen MR) is 120 cm³/mol. The molecule has 0 atom stereocenters. The topological polar surface area (TPSA) is 43.4 Å². The fourth-order valence-corrected chi connectivity index (χ4v) is 2.76. The van der Waals surface area contributed by atoms with Gasteiger partial charge in [0.2, 0.25) is 0 Å². The number of aryl methyl sites for hydroxylation is 2. The molecular formula is C27H30CoO3-2. The molecule has 3 aromatic rings. The van der Waals surface area contributed by atoms with Crippen LogP contribution in [0.5, 0.6) is 5.75 Å². The van der Waals surface area contributed by atoms with E-state index in [-0.39, 0.29) is 5.97 Å². The van der Waals surface area contributed by atoms with Gasteiger partial charge in [-0.3, -0.25) is 0 Å². The molecule has 0 spiro atoms. The molecule has 3 nitrogen and oxygen atoms in total. The Morgan fingerprint density at radius 1 is 0.742 bits per heavy atom. The average Bonchev–Trinajstić information content (AvgIpc) is 2.85. The first-order chi connectivity index (χ1) is 15.2. The van der Waals surface area contributed by atoms with E-state index in [4.69, 9.17) is 8.60 Å². The van der Waals surface area contributed by atoms with Crippen LogP contribution in [0, 0.1) is 12.1 Å². The maximum absolute atomic E-state index is 11.8. The van der Waals surface area contributed by atoms with E-state index in [0.29, 0.717) is 11.3 Å². The summed E-state index contributed by atoms with van der Waals surface area (Å²) in [4.78, 5) is 11.8. The van der Waals surface area contributed by atoms with Gasteiger partial charge in [0, 0.05) is 0 Å².